The molecule has 0 radical (unpaired) electrons. The van der Waals surface area contributed by atoms with Gasteiger partial charge in [-0.05, 0) is 41.3 Å². The lowest BCUT2D eigenvalue weighted by atomic mass is 10.0. The summed E-state index contributed by atoms with van der Waals surface area (Å²) in [6.07, 6.45) is 0. The quantitative estimate of drug-likeness (QED) is 0.740. The number of nitrogens with one attached hydrogen (secondary N) is 1. The van der Waals surface area contributed by atoms with Crippen LogP contribution >= 0.6 is 0 Å². The fourth-order valence-corrected chi connectivity index (χ4v) is 2.23. The number of benzene rings is 2. The molecule has 0 heterocycles. The number of rotatable bonds is 5. The van der Waals surface area contributed by atoms with Crippen molar-refractivity contribution in [3.8, 4) is 11.1 Å². The minimum absolute atomic E-state index is 0.189. The van der Waals surface area contributed by atoms with Crippen LogP contribution in [0.2, 0.25) is 0 Å². The van der Waals surface area contributed by atoms with Gasteiger partial charge in [-0.1, -0.05) is 38.1 Å². The molecule has 0 unspecified atom stereocenters. The van der Waals surface area contributed by atoms with E-state index < -0.39 is 17.9 Å². The number of carboxylic acids is 1. The van der Waals surface area contributed by atoms with Gasteiger partial charge >= 0.3 is 5.97 Å². The first kappa shape index (κ1) is 16.5. The molecule has 0 aliphatic rings. The normalized spacial score (nSPS) is 12.0. The highest BCUT2D eigenvalue weighted by Crippen LogP contribution is 2.21. The van der Waals surface area contributed by atoms with Gasteiger partial charge in [0.15, 0.2) is 0 Å². The summed E-state index contributed by atoms with van der Waals surface area (Å²) >= 11 is 0. The van der Waals surface area contributed by atoms with Crippen LogP contribution in [0.15, 0.2) is 48.5 Å². The highest BCUT2D eigenvalue weighted by atomic mass is 16.4. The zero-order valence-electron chi connectivity index (χ0n) is 13.1. The van der Waals surface area contributed by atoms with Crippen molar-refractivity contribution in [1.82, 2.24) is 5.32 Å². The summed E-state index contributed by atoms with van der Waals surface area (Å²) in [5, 5.41) is 11.7. The van der Waals surface area contributed by atoms with Gasteiger partial charge in [0.1, 0.15) is 6.04 Å². The van der Waals surface area contributed by atoms with Crippen molar-refractivity contribution in [3.05, 3.63) is 54.1 Å². The van der Waals surface area contributed by atoms with Crippen LogP contribution in [0, 0.1) is 5.92 Å². The fraction of sp³-hybridized carbons (Fsp3) is 0.222. The Kier molecular flexibility index (Phi) is 5.01. The van der Waals surface area contributed by atoms with Gasteiger partial charge in [-0.2, -0.15) is 0 Å². The lowest BCUT2D eigenvalue weighted by Gasteiger charge is -2.18. The Balaban J connectivity index is 2.14. The highest BCUT2D eigenvalue weighted by molar-refractivity contribution is 5.97. The molecule has 1 atom stereocenters. The van der Waals surface area contributed by atoms with Crippen LogP contribution < -0.4 is 11.1 Å². The summed E-state index contributed by atoms with van der Waals surface area (Å²) in [6.45, 7) is 3.51. The minimum Gasteiger partial charge on any atom is -0.480 e. The Morgan fingerprint density at radius 3 is 1.87 bits per heavy atom. The van der Waals surface area contributed by atoms with Crippen molar-refractivity contribution in [1.29, 1.82) is 0 Å². The van der Waals surface area contributed by atoms with E-state index in [2.05, 4.69) is 5.32 Å². The maximum absolute atomic E-state index is 12.2. The number of nitrogens with two attached hydrogens (primary N) is 1. The van der Waals surface area contributed by atoms with Gasteiger partial charge in [0.25, 0.3) is 5.91 Å². The third kappa shape index (κ3) is 4.10. The molecule has 5 nitrogen and oxygen atoms in total. The molecule has 0 saturated carbocycles. The van der Waals surface area contributed by atoms with Gasteiger partial charge in [0, 0.05) is 11.3 Å². The molecule has 2 aromatic carbocycles. The predicted molar refractivity (Wildman–Crippen MR) is 90.0 cm³/mol. The summed E-state index contributed by atoms with van der Waals surface area (Å²) in [7, 11) is 0. The van der Waals surface area contributed by atoms with E-state index in [-0.39, 0.29) is 5.92 Å². The molecular formula is C18H20N2O3. The molecule has 0 spiro atoms. The Bertz CT molecular complexity index is 691. The molecule has 120 valence electrons. The largest absolute Gasteiger partial charge is 0.480 e. The van der Waals surface area contributed by atoms with Crippen molar-refractivity contribution < 1.29 is 14.7 Å². The molecule has 0 fully saturated rings. The standard InChI is InChI=1S/C18H20N2O3/c1-11(2)16(18(22)23)20-17(21)14-5-3-12(4-6-14)13-7-9-15(19)10-8-13/h3-11,16H,19H2,1-2H3,(H,20,21)(H,22,23)/t16-/m0/s1. The summed E-state index contributed by atoms with van der Waals surface area (Å²) in [4.78, 5) is 23.3. The third-order valence-corrected chi connectivity index (χ3v) is 3.61. The van der Waals surface area contributed by atoms with E-state index in [4.69, 9.17) is 10.8 Å². The second-order valence-corrected chi connectivity index (χ2v) is 5.73. The van der Waals surface area contributed by atoms with E-state index in [1.807, 2.05) is 36.4 Å². The maximum Gasteiger partial charge on any atom is 0.326 e. The van der Waals surface area contributed by atoms with Crippen LogP contribution in [0.1, 0.15) is 24.2 Å². The molecular weight excluding hydrogens is 292 g/mol. The van der Waals surface area contributed by atoms with Crippen LogP contribution in [0.25, 0.3) is 11.1 Å². The van der Waals surface area contributed by atoms with Crippen LogP contribution in [0.5, 0.6) is 0 Å². The van der Waals surface area contributed by atoms with E-state index in [1.54, 1.807) is 26.0 Å². The number of aliphatic carboxylic acids is 1. The average molecular weight is 312 g/mol. The van der Waals surface area contributed by atoms with Crippen LogP contribution in [0.4, 0.5) is 5.69 Å². The van der Waals surface area contributed by atoms with Crippen molar-refractivity contribution in [3.63, 3.8) is 0 Å². The lowest BCUT2D eigenvalue weighted by Crippen LogP contribution is -2.44. The first-order chi connectivity index (χ1) is 10.9. The summed E-state index contributed by atoms with van der Waals surface area (Å²) < 4.78 is 0. The monoisotopic (exact) mass is 312 g/mol. The van der Waals surface area contributed by atoms with Crippen LogP contribution in [0.3, 0.4) is 0 Å². The molecule has 0 saturated heterocycles. The third-order valence-electron chi connectivity index (χ3n) is 3.61. The second kappa shape index (κ2) is 6.96. The number of anilines is 1. The molecule has 0 aliphatic heterocycles. The second-order valence-electron chi connectivity index (χ2n) is 5.73. The summed E-state index contributed by atoms with van der Waals surface area (Å²) in [5.41, 5.74) is 8.74. The maximum atomic E-state index is 12.2. The molecule has 5 heteroatoms. The van der Waals surface area contributed by atoms with Crippen molar-refractivity contribution in [2.24, 2.45) is 5.92 Å². The van der Waals surface area contributed by atoms with Gasteiger partial charge in [-0.15, -0.1) is 0 Å². The van der Waals surface area contributed by atoms with E-state index in [9.17, 15) is 9.59 Å². The van der Waals surface area contributed by atoms with Crippen molar-refractivity contribution in [2.45, 2.75) is 19.9 Å². The average Bonchev–Trinajstić information content (AvgIpc) is 2.52. The van der Waals surface area contributed by atoms with E-state index in [0.29, 0.717) is 11.3 Å². The van der Waals surface area contributed by atoms with Gasteiger partial charge in [-0.25, -0.2) is 4.79 Å². The highest BCUT2D eigenvalue weighted by Gasteiger charge is 2.23. The summed E-state index contributed by atoms with van der Waals surface area (Å²) in [5.74, 6) is -1.62. The van der Waals surface area contributed by atoms with E-state index in [1.165, 1.54) is 0 Å². The zero-order valence-corrected chi connectivity index (χ0v) is 13.1. The number of hydrogen-bond acceptors (Lipinski definition) is 3. The lowest BCUT2D eigenvalue weighted by molar-refractivity contribution is -0.140. The van der Waals surface area contributed by atoms with Crippen molar-refractivity contribution >= 4 is 17.6 Å². The zero-order chi connectivity index (χ0) is 17.0. The molecule has 4 N–H and O–H groups in total. The SMILES string of the molecule is CC(C)[C@H](NC(=O)c1ccc(-c2ccc(N)cc2)cc1)C(=O)O. The molecule has 0 bridgehead atoms. The van der Waals surface area contributed by atoms with E-state index in [0.717, 1.165) is 11.1 Å². The van der Waals surface area contributed by atoms with Crippen molar-refractivity contribution in [2.75, 3.05) is 5.73 Å². The Labute approximate surface area is 135 Å². The Hall–Kier alpha value is -2.82. The molecule has 23 heavy (non-hydrogen) atoms. The predicted octanol–water partition coefficient (Wildman–Crippen LogP) is 2.77. The van der Waals surface area contributed by atoms with Crippen LogP contribution in [-0.2, 0) is 4.79 Å². The van der Waals surface area contributed by atoms with Gasteiger partial charge in [0.05, 0.1) is 0 Å². The number of carboxylic acid groups (broad SMARTS) is 1. The number of hydrogen-bond donors (Lipinski definition) is 3. The fourth-order valence-electron chi connectivity index (χ4n) is 2.23. The van der Waals surface area contributed by atoms with Gasteiger partial charge in [0.2, 0.25) is 0 Å². The number of carbonyl (C=O) groups is 2. The van der Waals surface area contributed by atoms with E-state index >= 15 is 0 Å². The molecule has 1 amide bonds. The smallest absolute Gasteiger partial charge is 0.326 e. The topological polar surface area (TPSA) is 92.4 Å². The first-order valence-electron chi connectivity index (χ1n) is 7.38. The Morgan fingerprint density at radius 2 is 1.43 bits per heavy atom. The number of nitrogen functional groups attached to an aromatic ring is 1. The molecule has 2 aromatic rings. The number of amides is 1. The minimum atomic E-state index is -1.04. The Morgan fingerprint density at radius 1 is 0.957 bits per heavy atom. The number of carbonyl (C=O) groups excluding carboxylic acids is 1. The molecule has 0 aliphatic carbocycles. The first-order valence-corrected chi connectivity index (χ1v) is 7.38. The van der Waals surface area contributed by atoms with Gasteiger partial charge in [-0.3, -0.25) is 4.79 Å². The van der Waals surface area contributed by atoms with Gasteiger partial charge < -0.3 is 16.2 Å². The van der Waals surface area contributed by atoms with Crippen LogP contribution in [-0.4, -0.2) is 23.0 Å². The molecule has 0 aromatic heterocycles. The summed E-state index contributed by atoms with van der Waals surface area (Å²) in [6, 6.07) is 13.6. The molecule has 2 rings (SSSR count).